The topological polar surface area (TPSA) is 78.7 Å². The van der Waals surface area contributed by atoms with Crippen molar-refractivity contribution in [2.45, 2.75) is 18.9 Å². The fraction of sp³-hybridized carbons (Fsp3) is 0.444. The maximum atomic E-state index is 12.3. The van der Waals surface area contributed by atoms with E-state index in [-0.39, 0.29) is 6.03 Å². The molecule has 128 valence electrons. The van der Waals surface area contributed by atoms with E-state index in [1.54, 1.807) is 12.1 Å². The van der Waals surface area contributed by atoms with Crippen LogP contribution in [-0.2, 0) is 6.42 Å². The number of carbonyl (C=O) groups excluding carboxylic acids is 2. The van der Waals surface area contributed by atoms with Crippen LogP contribution in [0.3, 0.4) is 0 Å². The Labute approximate surface area is 142 Å². The van der Waals surface area contributed by atoms with E-state index >= 15 is 0 Å². The zero-order valence-electron chi connectivity index (χ0n) is 13.8. The summed E-state index contributed by atoms with van der Waals surface area (Å²) >= 11 is 0. The van der Waals surface area contributed by atoms with E-state index < -0.39 is 5.91 Å². The number of nitrogens with one attached hydrogen (secondary N) is 1. The highest BCUT2D eigenvalue weighted by molar-refractivity contribution is 5.92. The average molecular weight is 328 g/mol. The van der Waals surface area contributed by atoms with Gasteiger partial charge in [0.05, 0.1) is 0 Å². The molecule has 3 amide bonds. The van der Waals surface area contributed by atoms with Gasteiger partial charge in [-0.25, -0.2) is 4.79 Å². The number of primary amides is 1. The molecule has 3 rings (SSSR count). The number of urea groups is 1. The summed E-state index contributed by atoms with van der Waals surface area (Å²) in [6, 6.07) is 7.69. The van der Waals surface area contributed by atoms with Crippen LogP contribution in [0, 0.1) is 0 Å². The largest absolute Gasteiger partial charge is 0.366 e. The molecule has 24 heavy (non-hydrogen) atoms. The molecule has 0 bridgehead atoms. The Hall–Kier alpha value is -2.34. The first-order valence-electron chi connectivity index (χ1n) is 8.44. The first-order chi connectivity index (χ1) is 11.6. The molecule has 0 radical (unpaired) electrons. The van der Waals surface area contributed by atoms with E-state index in [1.807, 2.05) is 17.0 Å². The maximum Gasteiger partial charge on any atom is 0.317 e. The van der Waals surface area contributed by atoms with Gasteiger partial charge in [0.15, 0.2) is 0 Å². The molecule has 6 nitrogen and oxygen atoms in total. The second-order valence-electron chi connectivity index (χ2n) is 6.36. The molecule has 3 N–H and O–H groups in total. The Morgan fingerprint density at radius 3 is 2.79 bits per heavy atom. The summed E-state index contributed by atoms with van der Waals surface area (Å²) in [5, 5.41) is 2.97. The van der Waals surface area contributed by atoms with Crippen molar-refractivity contribution >= 4 is 11.9 Å². The van der Waals surface area contributed by atoms with Crippen molar-refractivity contribution in [3.63, 3.8) is 0 Å². The van der Waals surface area contributed by atoms with Crippen molar-refractivity contribution in [1.29, 1.82) is 0 Å². The molecule has 2 heterocycles. The van der Waals surface area contributed by atoms with E-state index in [0.717, 1.165) is 38.2 Å². The molecule has 0 spiro atoms. The standard InChI is InChI=1S/C18H24N4O2/c19-17(23)15-5-3-4-14(12-15)6-8-20-18(24)22-11-7-16(13-22)21-9-1-2-10-21/h1-5,12,16H,6-11,13H2,(H2,19,23)(H,20,24). The molecule has 0 aromatic heterocycles. The number of nitrogens with zero attached hydrogens (tertiary/aromatic N) is 2. The Kier molecular flexibility index (Phi) is 5.15. The Bertz CT molecular complexity index is 636. The summed E-state index contributed by atoms with van der Waals surface area (Å²) in [6.45, 7) is 4.15. The molecular weight excluding hydrogens is 304 g/mol. The van der Waals surface area contributed by atoms with Crippen molar-refractivity contribution in [3.8, 4) is 0 Å². The van der Waals surface area contributed by atoms with Crippen molar-refractivity contribution in [2.75, 3.05) is 32.7 Å². The minimum absolute atomic E-state index is 0.00397. The van der Waals surface area contributed by atoms with Crippen LogP contribution in [0.1, 0.15) is 22.3 Å². The van der Waals surface area contributed by atoms with Gasteiger partial charge in [0.25, 0.3) is 0 Å². The molecule has 1 aromatic rings. The second-order valence-corrected chi connectivity index (χ2v) is 6.36. The maximum absolute atomic E-state index is 12.3. The zero-order chi connectivity index (χ0) is 16.9. The van der Waals surface area contributed by atoms with Crippen molar-refractivity contribution in [2.24, 2.45) is 5.73 Å². The molecular formula is C18H24N4O2. The van der Waals surface area contributed by atoms with Gasteiger partial charge in [-0.2, -0.15) is 0 Å². The van der Waals surface area contributed by atoms with E-state index in [1.165, 1.54) is 0 Å². The third kappa shape index (κ3) is 3.94. The first kappa shape index (κ1) is 16.5. The lowest BCUT2D eigenvalue weighted by molar-refractivity contribution is 0.1000. The fourth-order valence-corrected chi connectivity index (χ4v) is 3.32. The summed E-state index contributed by atoms with van der Waals surface area (Å²) in [6.07, 6.45) is 6.09. The van der Waals surface area contributed by atoms with Gasteiger partial charge in [-0.1, -0.05) is 24.3 Å². The quantitative estimate of drug-likeness (QED) is 0.791. The summed E-state index contributed by atoms with van der Waals surface area (Å²) < 4.78 is 0. The number of amides is 3. The van der Waals surface area contributed by atoms with Crippen molar-refractivity contribution in [1.82, 2.24) is 15.1 Å². The van der Waals surface area contributed by atoms with Gasteiger partial charge < -0.3 is 16.0 Å². The lowest BCUT2D eigenvalue weighted by Crippen LogP contribution is -2.42. The molecule has 1 unspecified atom stereocenters. The highest BCUT2D eigenvalue weighted by atomic mass is 16.2. The highest BCUT2D eigenvalue weighted by Gasteiger charge is 2.30. The predicted molar refractivity (Wildman–Crippen MR) is 92.8 cm³/mol. The van der Waals surface area contributed by atoms with Crippen molar-refractivity contribution < 1.29 is 9.59 Å². The lowest BCUT2D eigenvalue weighted by atomic mass is 10.1. The molecule has 0 saturated carbocycles. The molecule has 1 fully saturated rings. The Balaban J connectivity index is 1.43. The monoisotopic (exact) mass is 328 g/mol. The highest BCUT2D eigenvalue weighted by Crippen LogP contribution is 2.17. The second kappa shape index (κ2) is 7.49. The number of likely N-dealkylation sites (tertiary alicyclic amines) is 1. The van der Waals surface area contributed by atoms with Gasteiger partial charge >= 0.3 is 6.03 Å². The smallest absolute Gasteiger partial charge is 0.317 e. The van der Waals surface area contributed by atoms with Gasteiger partial charge in [-0.3, -0.25) is 9.69 Å². The number of rotatable bonds is 5. The minimum Gasteiger partial charge on any atom is -0.366 e. The predicted octanol–water partition coefficient (Wildman–Crippen LogP) is 0.984. The fourth-order valence-electron chi connectivity index (χ4n) is 3.32. The van der Waals surface area contributed by atoms with Crippen molar-refractivity contribution in [3.05, 3.63) is 47.5 Å². The number of hydrogen-bond acceptors (Lipinski definition) is 3. The SMILES string of the molecule is NC(=O)c1cccc(CCNC(=O)N2CCC(N3CC=CC3)C2)c1. The van der Waals surface area contributed by atoms with Crippen LogP contribution >= 0.6 is 0 Å². The van der Waals surface area contributed by atoms with Crippen LogP contribution in [0.15, 0.2) is 36.4 Å². The van der Waals surface area contributed by atoms with Gasteiger partial charge in [-0.15, -0.1) is 0 Å². The van der Waals surface area contributed by atoms with Crippen LogP contribution in [0.5, 0.6) is 0 Å². The van der Waals surface area contributed by atoms with Gasteiger partial charge in [0.1, 0.15) is 0 Å². The molecule has 2 aliphatic rings. The summed E-state index contributed by atoms with van der Waals surface area (Å²) in [7, 11) is 0. The minimum atomic E-state index is -0.430. The summed E-state index contributed by atoms with van der Waals surface area (Å²) in [4.78, 5) is 27.8. The number of carbonyl (C=O) groups is 2. The number of nitrogens with two attached hydrogens (primary N) is 1. The Morgan fingerprint density at radius 1 is 1.25 bits per heavy atom. The normalized spacial score (nSPS) is 20.5. The third-order valence-corrected chi connectivity index (χ3v) is 4.71. The molecule has 2 aliphatic heterocycles. The first-order valence-corrected chi connectivity index (χ1v) is 8.44. The molecule has 1 atom stereocenters. The van der Waals surface area contributed by atoms with E-state index in [9.17, 15) is 9.59 Å². The Morgan fingerprint density at radius 2 is 2.04 bits per heavy atom. The average Bonchev–Trinajstić information content (AvgIpc) is 3.26. The van der Waals surface area contributed by atoms with Gasteiger partial charge in [0, 0.05) is 44.3 Å². The zero-order valence-corrected chi connectivity index (χ0v) is 13.8. The molecule has 0 aliphatic carbocycles. The van der Waals surface area contributed by atoms with Crippen LogP contribution in [0.25, 0.3) is 0 Å². The summed E-state index contributed by atoms with van der Waals surface area (Å²) in [5.74, 6) is -0.430. The van der Waals surface area contributed by atoms with Crippen LogP contribution in [-0.4, -0.2) is 60.5 Å². The number of hydrogen-bond donors (Lipinski definition) is 2. The van der Waals surface area contributed by atoms with Gasteiger partial charge in [0.2, 0.25) is 5.91 Å². The van der Waals surface area contributed by atoms with E-state index in [0.29, 0.717) is 24.6 Å². The molecule has 1 saturated heterocycles. The van der Waals surface area contributed by atoms with Crippen LogP contribution in [0.4, 0.5) is 4.79 Å². The molecule has 6 heteroatoms. The number of benzene rings is 1. The third-order valence-electron chi connectivity index (χ3n) is 4.71. The molecule has 1 aromatic carbocycles. The van der Waals surface area contributed by atoms with E-state index in [2.05, 4.69) is 22.4 Å². The van der Waals surface area contributed by atoms with E-state index in [4.69, 9.17) is 5.73 Å². The lowest BCUT2D eigenvalue weighted by Gasteiger charge is -2.23. The summed E-state index contributed by atoms with van der Waals surface area (Å²) in [5.41, 5.74) is 6.78. The van der Waals surface area contributed by atoms with Gasteiger partial charge in [-0.05, 0) is 30.5 Å². The van der Waals surface area contributed by atoms with Crippen LogP contribution in [0.2, 0.25) is 0 Å². The van der Waals surface area contributed by atoms with Crippen LogP contribution < -0.4 is 11.1 Å².